The molecule has 0 atom stereocenters. The fraction of sp³-hybridized carbons (Fsp3) is 0.667. The maximum Gasteiger partial charge on any atom is 0.131 e. The van der Waals surface area contributed by atoms with Gasteiger partial charge in [-0.1, -0.05) is 0 Å². The van der Waals surface area contributed by atoms with Crippen molar-refractivity contribution in [1.29, 1.82) is 0 Å². The topological polar surface area (TPSA) is 31.6 Å². The van der Waals surface area contributed by atoms with E-state index in [1.165, 1.54) is 26.2 Å². The molecule has 0 bridgehead atoms. The Morgan fingerprint density at radius 1 is 1.35 bits per heavy atom. The van der Waals surface area contributed by atoms with Crippen LogP contribution in [0.15, 0.2) is 21.2 Å². The van der Waals surface area contributed by atoms with E-state index in [9.17, 15) is 0 Å². The largest absolute Gasteiger partial charge is 0.467 e. The molecular formula is C12H20BrN3O. The summed E-state index contributed by atoms with van der Waals surface area (Å²) in [7, 11) is 2.18. The van der Waals surface area contributed by atoms with E-state index in [0.717, 1.165) is 29.9 Å². The lowest BCUT2D eigenvalue weighted by Crippen LogP contribution is -2.46. The van der Waals surface area contributed by atoms with Gasteiger partial charge in [0.25, 0.3) is 0 Å². The molecule has 0 saturated carbocycles. The fourth-order valence-electron chi connectivity index (χ4n) is 1.96. The fourth-order valence-corrected chi connectivity index (χ4v) is 2.30. The molecule has 2 heterocycles. The first kappa shape index (κ1) is 13.1. The van der Waals surface area contributed by atoms with Gasteiger partial charge in [0.2, 0.25) is 0 Å². The Bertz CT molecular complexity index is 334. The van der Waals surface area contributed by atoms with E-state index >= 15 is 0 Å². The molecule has 0 aliphatic carbocycles. The first-order valence-corrected chi connectivity index (χ1v) is 6.88. The van der Waals surface area contributed by atoms with Gasteiger partial charge in [0.15, 0.2) is 0 Å². The molecule has 0 spiro atoms. The van der Waals surface area contributed by atoms with Crippen LogP contribution in [0.1, 0.15) is 5.76 Å². The van der Waals surface area contributed by atoms with Crippen molar-refractivity contribution in [2.45, 2.75) is 6.54 Å². The van der Waals surface area contributed by atoms with E-state index in [2.05, 4.69) is 38.1 Å². The number of nitrogens with zero attached hydrogens (tertiary/aromatic N) is 2. The van der Waals surface area contributed by atoms with Gasteiger partial charge >= 0.3 is 0 Å². The van der Waals surface area contributed by atoms with E-state index in [1.807, 2.05) is 6.07 Å². The minimum Gasteiger partial charge on any atom is -0.467 e. The summed E-state index contributed by atoms with van der Waals surface area (Å²) < 4.78 is 6.39. The standard InChI is InChI=1S/C12H20BrN3O/c1-15-5-7-16(8-6-15)4-3-14-10-12-11(13)2-9-17-12/h2,9,14H,3-8,10H2,1H3. The Morgan fingerprint density at radius 2 is 2.12 bits per heavy atom. The van der Waals surface area contributed by atoms with Crippen molar-refractivity contribution < 1.29 is 4.42 Å². The third kappa shape index (κ3) is 4.10. The minimum atomic E-state index is 0.793. The summed E-state index contributed by atoms with van der Waals surface area (Å²) in [5.74, 6) is 0.975. The molecule has 96 valence electrons. The Labute approximate surface area is 111 Å². The molecule has 1 saturated heterocycles. The maximum atomic E-state index is 5.34. The number of nitrogens with one attached hydrogen (secondary N) is 1. The van der Waals surface area contributed by atoms with Gasteiger partial charge in [-0.25, -0.2) is 0 Å². The van der Waals surface area contributed by atoms with Gasteiger partial charge in [-0.05, 0) is 29.0 Å². The molecule has 0 amide bonds. The molecule has 1 aromatic heterocycles. The average Bonchev–Trinajstić information content (AvgIpc) is 2.73. The molecule has 0 unspecified atom stereocenters. The molecule has 17 heavy (non-hydrogen) atoms. The highest BCUT2D eigenvalue weighted by molar-refractivity contribution is 9.10. The van der Waals surface area contributed by atoms with Crippen LogP contribution in [0, 0.1) is 0 Å². The summed E-state index contributed by atoms with van der Waals surface area (Å²) in [5.41, 5.74) is 0. The van der Waals surface area contributed by atoms with Crippen LogP contribution in [0.3, 0.4) is 0 Å². The summed E-state index contributed by atoms with van der Waals surface area (Å²) in [5, 5.41) is 3.41. The van der Waals surface area contributed by atoms with Gasteiger partial charge in [0.1, 0.15) is 5.76 Å². The zero-order valence-corrected chi connectivity index (χ0v) is 11.9. The zero-order valence-electron chi connectivity index (χ0n) is 10.3. The predicted molar refractivity (Wildman–Crippen MR) is 72.1 cm³/mol. The second-order valence-corrected chi connectivity index (χ2v) is 5.37. The lowest BCUT2D eigenvalue weighted by atomic mass is 10.3. The number of rotatable bonds is 5. The van der Waals surface area contributed by atoms with E-state index < -0.39 is 0 Å². The Hall–Kier alpha value is -0.360. The van der Waals surface area contributed by atoms with Gasteiger partial charge in [0, 0.05) is 39.3 Å². The molecule has 0 radical (unpaired) electrons. The maximum absolute atomic E-state index is 5.34. The van der Waals surface area contributed by atoms with Crippen molar-refractivity contribution in [2.24, 2.45) is 0 Å². The Kier molecular flexibility index (Phi) is 5.03. The molecule has 1 aromatic rings. The molecule has 1 aliphatic heterocycles. The van der Waals surface area contributed by atoms with Crippen molar-refractivity contribution in [2.75, 3.05) is 46.3 Å². The second-order valence-electron chi connectivity index (χ2n) is 4.51. The Balaban J connectivity index is 1.59. The van der Waals surface area contributed by atoms with Crippen LogP contribution in [-0.4, -0.2) is 56.1 Å². The van der Waals surface area contributed by atoms with Gasteiger partial charge in [0.05, 0.1) is 17.3 Å². The quantitative estimate of drug-likeness (QED) is 0.833. The van der Waals surface area contributed by atoms with Gasteiger partial charge in [-0.15, -0.1) is 0 Å². The molecular weight excluding hydrogens is 282 g/mol. The number of hydrogen-bond donors (Lipinski definition) is 1. The molecule has 4 nitrogen and oxygen atoms in total. The van der Waals surface area contributed by atoms with E-state index in [-0.39, 0.29) is 0 Å². The molecule has 1 fully saturated rings. The number of hydrogen-bond acceptors (Lipinski definition) is 4. The highest BCUT2D eigenvalue weighted by Gasteiger charge is 2.12. The average molecular weight is 302 g/mol. The normalized spacial score (nSPS) is 18.7. The first-order chi connectivity index (χ1) is 8.25. The van der Waals surface area contributed by atoms with Crippen LogP contribution < -0.4 is 5.32 Å². The van der Waals surface area contributed by atoms with E-state index in [0.29, 0.717) is 0 Å². The molecule has 1 N–H and O–H groups in total. The van der Waals surface area contributed by atoms with Gasteiger partial charge in [-0.3, -0.25) is 4.90 Å². The lowest BCUT2D eigenvalue weighted by molar-refractivity contribution is 0.154. The minimum absolute atomic E-state index is 0.793. The van der Waals surface area contributed by atoms with Crippen molar-refractivity contribution in [1.82, 2.24) is 15.1 Å². The smallest absolute Gasteiger partial charge is 0.131 e. The number of likely N-dealkylation sites (N-methyl/N-ethyl adjacent to an activating group) is 1. The summed E-state index contributed by atoms with van der Waals surface area (Å²) >= 11 is 3.45. The molecule has 5 heteroatoms. The Morgan fingerprint density at radius 3 is 2.76 bits per heavy atom. The third-order valence-corrected chi connectivity index (χ3v) is 3.88. The summed E-state index contributed by atoms with van der Waals surface area (Å²) in [4.78, 5) is 4.88. The van der Waals surface area contributed by atoms with E-state index in [4.69, 9.17) is 4.42 Å². The molecule has 2 rings (SSSR count). The third-order valence-electron chi connectivity index (χ3n) is 3.18. The van der Waals surface area contributed by atoms with Gasteiger partial charge < -0.3 is 14.6 Å². The van der Waals surface area contributed by atoms with Crippen LogP contribution in [0.25, 0.3) is 0 Å². The SMILES string of the molecule is CN1CCN(CCNCc2occc2Br)CC1. The zero-order chi connectivity index (χ0) is 12.1. The van der Waals surface area contributed by atoms with Gasteiger partial charge in [-0.2, -0.15) is 0 Å². The van der Waals surface area contributed by atoms with Crippen LogP contribution in [-0.2, 0) is 6.54 Å². The number of furan rings is 1. The van der Waals surface area contributed by atoms with Crippen molar-refractivity contribution in [3.05, 3.63) is 22.6 Å². The van der Waals surface area contributed by atoms with Crippen LogP contribution >= 0.6 is 15.9 Å². The highest BCUT2D eigenvalue weighted by Crippen LogP contribution is 2.16. The molecule has 1 aliphatic rings. The summed E-state index contributed by atoms with van der Waals surface area (Å²) in [6.07, 6.45) is 1.71. The van der Waals surface area contributed by atoms with Crippen LogP contribution in [0.5, 0.6) is 0 Å². The molecule has 0 aromatic carbocycles. The summed E-state index contributed by atoms with van der Waals surface area (Å²) in [6.45, 7) is 7.66. The monoisotopic (exact) mass is 301 g/mol. The van der Waals surface area contributed by atoms with Crippen molar-refractivity contribution >= 4 is 15.9 Å². The van der Waals surface area contributed by atoms with Crippen LogP contribution in [0.4, 0.5) is 0 Å². The second kappa shape index (κ2) is 6.54. The number of halogens is 1. The number of piperazine rings is 1. The lowest BCUT2D eigenvalue weighted by Gasteiger charge is -2.32. The van der Waals surface area contributed by atoms with E-state index in [1.54, 1.807) is 6.26 Å². The van der Waals surface area contributed by atoms with Crippen molar-refractivity contribution in [3.8, 4) is 0 Å². The van der Waals surface area contributed by atoms with Crippen LogP contribution in [0.2, 0.25) is 0 Å². The van der Waals surface area contributed by atoms with Crippen molar-refractivity contribution in [3.63, 3.8) is 0 Å². The predicted octanol–water partition coefficient (Wildman–Crippen LogP) is 1.38. The highest BCUT2D eigenvalue weighted by atomic mass is 79.9. The first-order valence-electron chi connectivity index (χ1n) is 6.09. The summed E-state index contributed by atoms with van der Waals surface area (Å²) in [6, 6.07) is 1.93.